The molecule has 29 heavy (non-hydrogen) atoms. The number of hydrogen-bond acceptors (Lipinski definition) is 6. The van der Waals surface area contributed by atoms with Gasteiger partial charge in [-0.3, -0.25) is 9.59 Å². The topological polar surface area (TPSA) is 65.5 Å². The fourth-order valence-electron chi connectivity index (χ4n) is 2.90. The van der Waals surface area contributed by atoms with Crippen LogP contribution in [0.3, 0.4) is 0 Å². The summed E-state index contributed by atoms with van der Waals surface area (Å²) in [5.74, 6) is 0.100. The second kappa shape index (κ2) is 9.47. The van der Waals surface area contributed by atoms with Gasteiger partial charge < -0.3 is 9.47 Å². The van der Waals surface area contributed by atoms with Gasteiger partial charge in [-0.15, -0.1) is 11.3 Å². The lowest BCUT2D eigenvalue weighted by Gasteiger charge is -2.10. The number of thiazole rings is 1. The SMILES string of the molecule is CC(=O)c1ccccc1OCCOC(=O)Cc1sc(C)nc1-c1ccc(C)cc1. The van der Waals surface area contributed by atoms with Gasteiger partial charge in [-0.25, -0.2) is 4.98 Å². The average Bonchev–Trinajstić information content (AvgIpc) is 3.06. The zero-order valence-electron chi connectivity index (χ0n) is 16.7. The van der Waals surface area contributed by atoms with Crippen molar-refractivity contribution in [2.45, 2.75) is 27.2 Å². The Kier molecular flexibility index (Phi) is 6.77. The molecule has 0 bridgehead atoms. The molecule has 1 aromatic heterocycles. The molecule has 0 amide bonds. The quantitative estimate of drug-likeness (QED) is 0.304. The Bertz CT molecular complexity index is 1010. The standard InChI is InChI=1S/C23H23NO4S/c1-15-8-10-18(11-9-15)23-21(29-17(3)24-23)14-22(26)28-13-12-27-20-7-5-4-6-19(20)16(2)25/h4-11H,12-14H2,1-3H3. The first-order chi connectivity index (χ1) is 13.9. The van der Waals surface area contributed by atoms with Crippen molar-refractivity contribution in [1.29, 1.82) is 0 Å². The number of rotatable bonds is 8. The van der Waals surface area contributed by atoms with Crippen LogP contribution in [0.1, 0.15) is 32.7 Å². The van der Waals surface area contributed by atoms with Crippen LogP contribution in [-0.2, 0) is 16.0 Å². The van der Waals surface area contributed by atoms with Gasteiger partial charge in [-0.2, -0.15) is 0 Å². The van der Waals surface area contributed by atoms with E-state index in [2.05, 4.69) is 4.98 Å². The van der Waals surface area contributed by atoms with Crippen LogP contribution in [0.4, 0.5) is 0 Å². The lowest BCUT2D eigenvalue weighted by atomic mass is 10.1. The van der Waals surface area contributed by atoms with Crippen LogP contribution in [0.2, 0.25) is 0 Å². The van der Waals surface area contributed by atoms with Crippen molar-refractivity contribution in [1.82, 2.24) is 4.98 Å². The molecule has 0 aliphatic rings. The number of ether oxygens (including phenoxy) is 2. The maximum absolute atomic E-state index is 12.3. The summed E-state index contributed by atoms with van der Waals surface area (Å²) >= 11 is 1.50. The van der Waals surface area contributed by atoms with E-state index in [4.69, 9.17) is 9.47 Å². The maximum atomic E-state index is 12.3. The van der Waals surface area contributed by atoms with Crippen molar-refractivity contribution in [2.75, 3.05) is 13.2 Å². The van der Waals surface area contributed by atoms with E-state index in [0.29, 0.717) is 11.3 Å². The van der Waals surface area contributed by atoms with E-state index >= 15 is 0 Å². The molecule has 0 aliphatic heterocycles. The van der Waals surface area contributed by atoms with Crippen LogP contribution in [0.15, 0.2) is 48.5 Å². The molecule has 150 valence electrons. The van der Waals surface area contributed by atoms with Gasteiger partial charge in [-0.1, -0.05) is 42.0 Å². The van der Waals surface area contributed by atoms with E-state index in [-0.39, 0.29) is 31.4 Å². The minimum Gasteiger partial charge on any atom is -0.489 e. The molecular weight excluding hydrogens is 386 g/mol. The van der Waals surface area contributed by atoms with Gasteiger partial charge in [0.1, 0.15) is 19.0 Å². The molecule has 6 heteroatoms. The summed E-state index contributed by atoms with van der Waals surface area (Å²) in [7, 11) is 0. The highest BCUT2D eigenvalue weighted by molar-refractivity contribution is 7.12. The third-order valence-corrected chi connectivity index (χ3v) is 5.28. The monoisotopic (exact) mass is 409 g/mol. The first-order valence-corrected chi connectivity index (χ1v) is 10.2. The summed E-state index contributed by atoms with van der Waals surface area (Å²) in [6, 6.07) is 15.1. The number of hydrogen-bond donors (Lipinski definition) is 0. The van der Waals surface area contributed by atoms with E-state index in [1.807, 2.05) is 38.1 Å². The van der Waals surface area contributed by atoms with Gasteiger partial charge in [0.05, 0.1) is 22.7 Å². The summed E-state index contributed by atoms with van der Waals surface area (Å²) in [5, 5.41) is 0.910. The molecule has 0 aliphatic carbocycles. The molecule has 0 atom stereocenters. The van der Waals surface area contributed by atoms with E-state index in [1.165, 1.54) is 23.8 Å². The Balaban J connectivity index is 1.56. The lowest BCUT2D eigenvalue weighted by molar-refractivity contribution is -0.143. The van der Waals surface area contributed by atoms with Crippen LogP contribution in [0, 0.1) is 13.8 Å². The number of benzene rings is 2. The summed E-state index contributed by atoms with van der Waals surface area (Å²) in [6.45, 7) is 5.75. The molecule has 0 radical (unpaired) electrons. The Hall–Kier alpha value is -2.99. The zero-order chi connectivity index (χ0) is 20.8. The Morgan fingerprint density at radius 2 is 1.72 bits per heavy atom. The van der Waals surface area contributed by atoms with E-state index in [0.717, 1.165) is 21.1 Å². The van der Waals surface area contributed by atoms with E-state index < -0.39 is 0 Å². The average molecular weight is 410 g/mol. The van der Waals surface area contributed by atoms with Crippen molar-refractivity contribution in [3.8, 4) is 17.0 Å². The predicted octanol–water partition coefficient (Wildman–Crippen LogP) is 4.79. The number of aryl methyl sites for hydroxylation is 2. The second-order valence-electron chi connectivity index (χ2n) is 6.67. The normalized spacial score (nSPS) is 10.6. The van der Waals surface area contributed by atoms with Crippen molar-refractivity contribution < 1.29 is 19.1 Å². The summed E-state index contributed by atoms with van der Waals surface area (Å²) < 4.78 is 10.9. The number of aromatic nitrogens is 1. The highest BCUT2D eigenvalue weighted by atomic mass is 32.1. The maximum Gasteiger partial charge on any atom is 0.311 e. The highest BCUT2D eigenvalue weighted by Crippen LogP contribution is 2.29. The molecule has 0 fully saturated rings. The highest BCUT2D eigenvalue weighted by Gasteiger charge is 2.16. The summed E-state index contributed by atoms with van der Waals surface area (Å²) in [5.41, 5.74) is 3.51. The third-order valence-electron chi connectivity index (χ3n) is 4.30. The number of para-hydroxylation sites is 1. The molecule has 0 unspecified atom stereocenters. The lowest BCUT2D eigenvalue weighted by Crippen LogP contribution is -2.14. The largest absolute Gasteiger partial charge is 0.489 e. The first-order valence-electron chi connectivity index (χ1n) is 9.36. The van der Waals surface area contributed by atoms with Gasteiger partial charge in [0.15, 0.2) is 5.78 Å². The van der Waals surface area contributed by atoms with Crippen LogP contribution >= 0.6 is 11.3 Å². The smallest absolute Gasteiger partial charge is 0.311 e. The van der Waals surface area contributed by atoms with Crippen LogP contribution in [-0.4, -0.2) is 30.0 Å². The number of ketones is 1. The third kappa shape index (κ3) is 5.51. The molecule has 5 nitrogen and oxygen atoms in total. The molecule has 0 saturated heterocycles. The van der Waals surface area contributed by atoms with Crippen LogP contribution in [0.5, 0.6) is 5.75 Å². The molecule has 0 saturated carbocycles. The summed E-state index contributed by atoms with van der Waals surface area (Å²) in [6.07, 6.45) is 0.165. The first kappa shape index (κ1) is 20.7. The van der Waals surface area contributed by atoms with Crippen LogP contribution < -0.4 is 4.74 Å². The molecule has 1 heterocycles. The van der Waals surface area contributed by atoms with Gasteiger partial charge in [0.2, 0.25) is 0 Å². The van der Waals surface area contributed by atoms with Crippen molar-refractivity contribution >= 4 is 23.1 Å². The Labute approximate surface area is 174 Å². The van der Waals surface area contributed by atoms with E-state index in [9.17, 15) is 9.59 Å². The van der Waals surface area contributed by atoms with Gasteiger partial charge in [0, 0.05) is 10.4 Å². The minimum atomic E-state index is -0.328. The molecule has 2 aromatic carbocycles. The van der Waals surface area contributed by atoms with Crippen LogP contribution in [0.25, 0.3) is 11.3 Å². The van der Waals surface area contributed by atoms with Gasteiger partial charge >= 0.3 is 5.97 Å². The van der Waals surface area contributed by atoms with Gasteiger partial charge in [0.25, 0.3) is 0 Å². The fourth-order valence-corrected chi connectivity index (χ4v) is 3.84. The van der Waals surface area contributed by atoms with Gasteiger partial charge in [-0.05, 0) is 32.9 Å². The summed E-state index contributed by atoms with van der Waals surface area (Å²) in [4.78, 5) is 29.4. The van der Waals surface area contributed by atoms with Crippen molar-refractivity contribution in [3.63, 3.8) is 0 Å². The Morgan fingerprint density at radius 3 is 2.45 bits per heavy atom. The second-order valence-corrected chi connectivity index (χ2v) is 7.96. The van der Waals surface area contributed by atoms with Crippen molar-refractivity contribution in [2.24, 2.45) is 0 Å². The fraction of sp³-hybridized carbons (Fsp3) is 0.261. The molecule has 3 rings (SSSR count). The number of Topliss-reactive ketones (excluding diaryl/α,β-unsaturated/α-hetero) is 1. The molecule has 0 spiro atoms. The zero-order valence-corrected chi connectivity index (χ0v) is 17.5. The minimum absolute atomic E-state index is 0.0678. The van der Waals surface area contributed by atoms with E-state index in [1.54, 1.807) is 24.3 Å². The van der Waals surface area contributed by atoms with Crippen molar-refractivity contribution in [3.05, 3.63) is 69.5 Å². The molecular formula is C23H23NO4S. The molecule has 0 N–H and O–H groups in total. The predicted molar refractivity (Wildman–Crippen MR) is 114 cm³/mol. The number of carbonyl (C=O) groups is 2. The Morgan fingerprint density at radius 1 is 1.00 bits per heavy atom. The molecule has 3 aromatic rings. The number of esters is 1. The number of nitrogens with zero attached hydrogens (tertiary/aromatic N) is 1. The number of carbonyl (C=O) groups excluding carboxylic acids is 2.